The summed E-state index contributed by atoms with van der Waals surface area (Å²) in [6.45, 7) is 20.2. The molecule has 0 aliphatic carbocycles. The second kappa shape index (κ2) is 8.13. The van der Waals surface area contributed by atoms with Gasteiger partial charge in [0.25, 0.3) is 0 Å². The molecule has 0 unspecified atom stereocenters. The molecular formula is C15H33N3. The number of hydrogen-bond donors (Lipinski definition) is 0. The molecule has 1 heterocycles. The predicted molar refractivity (Wildman–Crippen MR) is 80.1 cm³/mol. The average Bonchev–Trinajstić information content (AvgIpc) is 2.34. The van der Waals surface area contributed by atoms with Crippen LogP contribution in [0, 0.1) is 0 Å². The Balaban J connectivity index is 2.14. The summed E-state index contributed by atoms with van der Waals surface area (Å²) in [5.41, 5.74) is 0. The number of rotatable bonds is 7. The third-order valence-electron chi connectivity index (χ3n) is 4.19. The van der Waals surface area contributed by atoms with Crippen LogP contribution in [0.25, 0.3) is 0 Å². The van der Waals surface area contributed by atoms with Gasteiger partial charge in [-0.2, -0.15) is 0 Å². The van der Waals surface area contributed by atoms with Crippen LogP contribution in [0.15, 0.2) is 0 Å². The summed E-state index contributed by atoms with van der Waals surface area (Å²) in [6, 6.07) is 1.40. The largest absolute Gasteiger partial charge is 0.301 e. The molecule has 0 aromatic carbocycles. The normalized spacial score (nSPS) is 19.3. The maximum Gasteiger partial charge on any atom is 0.0113 e. The van der Waals surface area contributed by atoms with Gasteiger partial charge in [-0.1, -0.05) is 6.92 Å². The van der Waals surface area contributed by atoms with Gasteiger partial charge in [0, 0.05) is 38.3 Å². The minimum absolute atomic E-state index is 0.688. The summed E-state index contributed by atoms with van der Waals surface area (Å²) in [4.78, 5) is 7.78. The summed E-state index contributed by atoms with van der Waals surface area (Å²) < 4.78 is 0. The van der Waals surface area contributed by atoms with Crippen LogP contribution in [0.3, 0.4) is 0 Å². The molecule has 0 spiro atoms. The molecule has 0 atom stereocenters. The van der Waals surface area contributed by atoms with Crippen LogP contribution in [0.5, 0.6) is 0 Å². The molecule has 0 amide bonds. The van der Waals surface area contributed by atoms with Crippen molar-refractivity contribution in [2.45, 2.75) is 53.1 Å². The van der Waals surface area contributed by atoms with E-state index in [4.69, 9.17) is 0 Å². The van der Waals surface area contributed by atoms with Crippen LogP contribution in [0.4, 0.5) is 0 Å². The molecule has 3 heteroatoms. The zero-order valence-electron chi connectivity index (χ0n) is 13.2. The van der Waals surface area contributed by atoms with Gasteiger partial charge in [0.15, 0.2) is 0 Å². The first-order chi connectivity index (χ1) is 8.54. The maximum absolute atomic E-state index is 2.63. The highest BCUT2D eigenvalue weighted by molar-refractivity contribution is 4.74. The van der Waals surface area contributed by atoms with E-state index in [0.29, 0.717) is 12.1 Å². The van der Waals surface area contributed by atoms with Crippen LogP contribution in [0.2, 0.25) is 0 Å². The Morgan fingerprint density at radius 3 is 2.06 bits per heavy atom. The van der Waals surface area contributed by atoms with E-state index in [1.54, 1.807) is 0 Å². The SMILES string of the molecule is CCN(CCCN1CCN(C(C)C)CC1)C(C)C. The molecule has 1 fully saturated rings. The Bertz CT molecular complexity index is 208. The summed E-state index contributed by atoms with van der Waals surface area (Å²) in [7, 11) is 0. The Hall–Kier alpha value is -0.120. The highest BCUT2D eigenvalue weighted by atomic mass is 15.3. The first-order valence-electron chi connectivity index (χ1n) is 7.75. The predicted octanol–water partition coefficient (Wildman–Crippen LogP) is 2.13. The lowest BCUT2D eigenvalue weighted by atomic mass is 10.2. The van der Waals surface area contributed by atoms with Crippen LogP contribution in [-0.4, -0.2) is 72.6 Å². The molecule has 0 bridgehead atoms. The van der Waals surface area contributed by atoms with Gasteiger partial charge in [-0.05, 0) is 53.8 Å². The molecule has 1 rings (SSSR count). The van der Waals surface area contributed by atoms with Gasteiger partial charge in [-0.3, -0.25) is 4.90 Å². The van der Waals surface area contributed by atoms with Crippen LogP contribution >= 0.6 is 0 Å². The number of hydrogen-bond acceptors (Lipinski definition) is 3. The molecule has 0 N–H and O–H groups in total. The molecule has 0 aromatic rings. The van der Waals surface area contributed by atoms with Crippen molar-refractivity contribution in [3.63, 3.8) is 0 Å². The summed E-state index contributed by atoms with van der Waals surface area (Å²) in [5.74, 6) is 0. The van der Waals surface area contributed by atoms with E-state index in [2.05, 4.69) is 49.3 Å². The fourth-order valence-corrected chi connectivity index (χ4v) is 2.78. The van der Waals surface area contributed by atoms with Gasteiger partial charge < -0.3 is 9.80 Å². The first-order valence-corrected chi connectivity index (χ1v) is 7.75. The van der Waals surface area contributed by atoms with Crippen LogP contribution in [-0.2, 0) is 0 Å². The van der Waals surface area contributed by atoms with Crippen molar-refractivity contribution >= 4 is 0 Å². The van der Waals surface area contributed by atoms with E-state index in [1.807, 2.05) is 0 Å². The molecule has 0 saturated carbocycles. The minimum atomic E-state index is 0.688. The monoisotopic (exact) mass is 255 g/mol. The fourth-order valence-electron chi connectivity index (χ4n) is 2.78. The van der Waals surface area contributed by atoms with Crippen molar-refractivity contribution in [2.75, 3.05) is 45.8 Å². The van der Waals surface area contributed by atoms with Crippen molar-refractivity contribution in [3.8, 4) is 0 Å². The molecule has 1 saturated heterocycles. The zero-order valence-corrected chi connectivity index (χ0v) is 13.2. The lowest BCUT2D eigenvalue weighted by Crippen LogP contribution is -2.49. The van der Waals surface area contributed by atoms with E-state index in [-0.39, 0.29) is 0 Å². The summed E-state index contributed by atoms with van der Waals surface area (Å²) in [5, 5.41) is 0. The quantitative estimate of drug-likeness (QED) is 0.690. The van der Waals surface area contributed by atoms with Gasteiger partial charge in [0.05, 0.1) is 0 Å². The Morgan fingerprint density at radius 2 is 1.61 bits per heavy atom. The van der Waals surface area contributed by atoms with E-state index in [1.165, 1.54) is 52.2 Å². The Morgan fingerprint density at radius 1 is 1.00 bits per heavy atom. The third kappa shape index (κ3) is 5.25. The molecule has 1 aliphatic heterocycles. The standard InChI is InChI=1S/C15H33N3/c1-6-17(14(2)3)9-7-8-16-10-12-18(13-11-16)15(4)5/h14-15H,6-13H2,1-5H3. The molecule has 3 nitrogen and oxygen atoms in total. The van der Waals surface area contributed by atoms with Crippen LogP contribution in [0.1, 0.15) is 41.0 Å². The van der Waals surface area contributed by atoms with Gasteiger partial charge in [-0.25, -0.2) is 0 Å². The zero-order chi connectivity index (χ0) is 13.5. The molecule has 0 radical (unpaired) electrons. The molecular weight excluding hydrogens is 222 g/mol. The molecule has 0 aromatic heterocycles. The van der Waals surface area contributed by atoms with E-state index >= 15 is 0 Å². The third-order valence-corrected chi connectivity index (χ3v) is 4.19. The van der Waals surface area contributed by atoms with Gasteiger partial charge in [-0.15, -0.1) is 0 Å². The number of nitrogens with zero attached hydrogens (tertiary/aromatic N) is 3. The van der Waals surface area contributed by atoms with E-state index in [9.17, 15) is 0 Å². The topological polar surface area (TPSA) is 9.72 Å². The van der Waals surface area contributed by atoms with Crippen LogP contribution < -0.4 is 0 Å². The number of piperazine rings is 1. The van der Waals surface area contributed by atoms with Gasteiger partial charge >= 0.3 is 0 Å². The van der Waals surface area contributed by atoms with Gasteiger partial charge in [0.2, 0.25) is 0 Å². The molecule has 108 valence electrons. The molecule has 1 aliphatic rings. The van der Waals surface area contributed by atoms with Gasteiger partial charge in [0.1, 0.15) is 0 Å². The second-order valence-electron chi connectivity index (χ2n) is 6.05. The highest BCUT2D eigenvalue weighted by Gasteiger charge is 2.18. The second-order valence-corrected chi connectivity index (χ2v) is 6.05. The van der Waals surface area contributed by atoms with Crippen molar-refractivity contribution in [1.29, 1.82) is 0 Å². The maximum atomic E-state index is 2.63. The summed E-state index contributed by atoms with van der Waals surface area (Å²) in [6.07, 6.45) is 1.31. The van der Waals surface area contributed by atoms with Crippen molar-refractivity contribution in [2.24, 2.45) is 0 Å². The Kier molecular flexibility index (Phi) is 7.20. The molecule has 18 heavy (non-hydrogen) atoms. The van der Waals surface area contributed by atoms with Crippen molar-refractivity contribution < 1.29 is 0 Å². The fraction of sp³-hybridized carbons (Fsp3) is 1.00. The van der Waals surface area contributed by atoms with Crippen molar-refractivity contribution in [1.82, 2.24) is 14.7 Å². The lowest BCUT2D eigenvalue weighted by Gasteiger charge is -2.37. The first kappa shape index (κ1) is 15.9. The highest BCUT2D eigenvalue weighted by Crippen LogP contribution is 2.07. The van der Waals surface area contributed by atoms with E-state index in [0.717, 1.165) is 0 Å². The lowest BCUT2D eigenvalue weighted by molar-refractivity contribution is 0.103. The van der Waals surface area contributed by atoms with Crippen molar-refractivity contribution in [3.05, 3.63) is 0 Å². The summed E-state index contributed by atoms with van der Waals surface area (Å²) >= 11 is 0. The smallest absolute Gasteiger partial charge is 0.0113 e. The Labute approximate surface area is 114 Å². The minimum Gasteiger partial charge on any atom is -0.301 e. The van der Waals surface area contributed by atoms with E-state index < -0.39 is 0 Å². The average molecular weight is 255 g/mol.